The lowest BCUT2D eigenvalue weighted by molar-refractivity contribution is 0.474. The van der Waals surface area contributed by atoms with E-state index in [0.29, 0.717) is 24.0 Å². The van der Waals surface area contributed by atoms with Crippen LogP contribution in [-0.4, -0.2) is 10.2 Å². The van der Waals surface area contributed by atoms with Crippen molar-refractivity contribution in [1.29, 1.82) is 0 Å². The molecule has 104 valence electrons. The molecule has 2 heteroatoms. The Morgan fingerprint density at radius 2 is 1.10 bits per heavy atom. The first-order chi connectivity index (χ1) is 11.3. The number of hydrogen-bond donors (Lipinski definition) is 2. The normalized spacial score (nSPS) is 14.9. The van der Waals surface area contributed by atoms with Gasteiger partial charge in [0.15, 0.2) is 0 Å². The fourth-order valence-corrected chi connectivity index (χ4v) is 2.28. The number of hydrogen-bond acceptors (Lipinski definition) is 2. The Balaban J connectivity index is 2.71. The van der Waals surface area contributed by atoms with Crippen LogP contribution in [0.25, 0.3) is 11.1 Å². The van der Waals surface area contributed by atoms with Gasteiger partial charge in [-0.3, -0.25) is 0 Å². The van der Waals surface area contributed by atoms with E-state index in [-0.39, 0.29) is 35.7 Å². The lowest BCUT2D eigenvalue weighted by Gasteiger charge is -2.14. The van der Waals surface area contributed by atoms with Crippen molar-refractivity contribution >= 4 is 11.1 Å². The molecule has 0 amide bonds. The number of phenolic OH excluding ortho intramolecular Hbond substituents is 2. The average molecular weight is 272 g/mol. The highest BCUT2D eigenvalue weighted by atomic mass is 16.3. The first kappa shape index (κ1) is 9.65. The minimum Gasteiger partial charge on any atom is -0.508 e. The molecule has 20 heavy (non-hydrogen) atoms. The highest BCUT2D eigenvalue weighted by Gasteiger charge is 2.09. The van der Waals surface area contributed by atoms with Gasteiger partial charge >= 0.3 is 0 Å². The molecule has 0 aliphatic rings. The zero-order chi connectivity index (χ0) is 18.0. The molecule has 0 radical (unpaired) electrons. The molecule has 0 saturated heterocycles. The third-order valence-electron chi connectivity index (χ3n) is 3.23. The molecule has 2 nitrogen and oxygen atoms in total. The molecule has 0 heterocycles. The smallest absolute Gasteiger partial charge is 0.115 e. The van der Waals surface area contributed by atoms with E-state index in [1.165, 1.54) is 24.3 Å². The van der Waals surface area contributed by atoms with E-state index >= 15 is 0 Å². The van der Waals surface area contributed by atoms with Crippen molar-refractivity contribution in [2.45, 2.75) is 26.7 Å². The van der Waals surface area contributed by atoms with Crippen LogP contribution in [0.3, 0.4) is 0 Å². The number of phenols is 2. The van der Waals surface area contributed by atoms with E-state index in [1.54, 1.807) is 0 Å². The first-order valence-electron chi connectivity index (χ1n) is 8.63. The minimum atomic E-state index is -0.348. The van der Waals surface area contributed by atoms with Gasteiger partial charge in [0.25, 0.3) is 0 Å². The van der Waals surface area contributed by atoms with Crippen LogP contribution in [-0.2, 0) is 0 Å². The summed E-state index contributed by atoms with van der Waals surface area (Å²) in [6.07, 6.45) is 1.27. The van der Waals surface area contributed by atoms with E-state index in [9.17, 15) is 10.2 Å². The second-order valence-corrected chi connectivity index (χ2v) is 4.43. The molecule has 0 bridgehead atoms. The van der Waals surface area contributed by atoms with Crippen LogP contribution in [0.4, 0.5) is 0 Å². The predicted octanol–water partition coefficient (Wildman–Crippen LogP) is 4.83. The van der Waals surface area contributed by atoms with E-state index in [1.807, 2.05) is 13.8 Å². The SMILES string of the molecule is [2H]c1cc(/C(CC)=C(\CC)c2cc([2H])c(O)c([2H])c2)cc([2H])c1O. The Bertz CT molecular complexity index is 699. The minimum absolute atomic E-state index is 0.105. The zero-order valence-corrected chi connectivity index (χ0v) is 11.6. The summed E-state index contributed by atoms with van der Waals surface area (Å²) in [4.78, 5) is 0. The van der Waals surface area contributed by atoms with Crippen molar-refractivity contribution in [1.82, 2.24) is 0 Å². The van der Waals surface area contributed by atoms with Crippen molar-refractivity contribution in [2.24, 2.45) is 0 Å². The van der Waals surface area contributed by atoms with E-state index < -0.39 is 0 Å². The van der Waals surface area contributed by atoms with Crippen LogP contribution in [0.15, 0.2) is 48.4 Å². The summed E-state index contributed by atoms with van der Waals surface area (Å²) >= 11 is 0. The lowest BCUT2D eigenvalue weighted by atomic mass is 9.91. The fourth-order valence-electron chi connectivity index (χ4n) is 2.28. The van der Waals surface area contributed by atoms with Crippen molar-refractivity contribution < 1.29 is 15.7 Å². The maximum absolute atomic E-state index is 9.63. The molecule has 2 aromatic carbocycles. The zero-order valence-electron chi connectivity index (χ0n) is 15.6. The summed E-state index contributed by atoms with van der Waals surface area (Å²) < 4.78 is 31.1. The molecule has 0 atom stereocenters. The second-order valence-electron chi connectivity index (χ2n) is 4.43. The molecule has 0 aliphatic heterocycles. The molecular weight excluding hydrogens is 248 g/mol. The largest absolute Gasteiger partial charge is 0.508 e. The third-order valence-corrected chi connectivity index (χ3v) is 3.23. The highest BCUT2D eigenvalue weighted by molar-refractivity contribution is 5.90. The molecular formula is C18H20O2. The molecule has 0 unspecified atom stereocenters. The van der Waals surface area contributed by atoms with Gasteiger partial charge in [-0.15, -0.1) is 0 Å². The summed E-state index contributed by atoms with van der Waals surface area (Å²) in [5, 5.41) is 19.3. The molecule has 0 fully saturated rings. The molecule has 0 spiro atoms. The maximum Gasteiger partial charge on any atom is 0.115 e. The molecule has 2 aromatic rings. The Morgan fingerprint density at radius 1 is 0.800 bits per heavy atom. The van der Waals surface area contributed by atoms with Crippen LogP contribution < -0.4 is 0 Å². The van der Waals surface area contributed by atoms with Crippen LogP contribution >= 0.6 is 0 Å². The predicted molar refractivity (Wildman–Crippen MR) is 83.6 cm³/mol. The summed E-state index contributed by atoms with van der Waals surface area (Å²) in [5.74, 6) is -0.697. The average Bonchev–Trinajstić information content (AvgIpc) is 2.54. The number of rotatable bonds is 4. The molecule has 2 N–H and O–H groups in total. The van der Waals surface area contributed by atoms with Crippen LogP contribution in [0.1, 0.15) is 43.3 Å². The monoisotopic (exact) mass is 272 g/mol. The Morgan fingerprint density at radius 3 is 1.35 bits per heavy atom. The van der Waals surface area contributed by atoms with E-state index in [4.69, 9.17) is 5.48 Å². The van der Waals surface area contributed by atoms with Crippen LogP contribution in [0.2, 0.25) is 0 Å². The lowest BCUT2D eigenvalue weighted by Crippen LogP contribution is -1.91. The second kappa shape index (κ2) is 6.29. The van der Waals surface area contributed by atoms with Crippen molar-refractivity contribution in [3.8, 4) is 11.5 Å². The summed E-state index contributed by atoms with van der Waals surface area (Å²) in [7, 11) is 0. The van der Waals surface area contributed by atoms with Crippen LogP contribution in [0.5, 0.6) is 11.5 Å². The van der Waals surface area contributed by atoms with E-state index in [2.05, 4.69) is 0 Å². The van der Waals surface area contributed by atoms with Gasteiger partial charge in [0.1, 0.15) is 11.5 Å². The van der Waals surface area contributed by atoms with Crippen molar-refractivity contribution in [2.75, 3.05) is 0 Å². The summed E-state index contributed by atoms with van der Waals surface area (Å²) in [6, 6.07) is 5.66. The highest BCUT2D eigenvalue weighted by Crippen LogP contribution is 2.32. The number of aromatic hydroxyl groups is 2. The molecule has 0 aromatic heterocycles. The topological polar surface area (TPSA) is 40.5 Å². The Kier molecular flexibility index (Phi) is 3.03. The van der Waals surface area contributed by atoms with Gasteiger partial charge in [0.2, 0.25) is 0 Å². The maximum atomic E-state index is 9.63. The van der Waals surface area contributed by atoms with Gasteiger partial charge in [0.05, 0.1) is 5.48 Å². The Hall–Kier alpha value is -2.22. The molecule has 0 aliphatic carbocycles. The standard InChI is InChI=1S/C18H20O2/c1-3-17(13-5-9-15(19)10-6-13)18(4-2)14-7-11-16(20)12-8-14/h5-12,19-20H,3-4H2,1-2H3/b18-17+/i9D,10D,11D,12D. The summed E-state index contributed by atoms with van der Waals surface area (Å²) in [6.45, 7) is 3.91. The van der Waals surface area contributed by atoms with Gasteiger partial charge in [0, 0.05) is 0 Å². The van der Waals surface area contributed by atoms with E-state index in [0.717, 1.165) is 11.1 Å². The van der Waals surface area contributed by atoms with Crippen LogP contribution in [0, 0.1) is 0 Å². The first-order valence-corrected chi connectivity index (χ1v) is 6.63. The third kappa shape index (κ3) is 3.02. The van der Waals surface area contributed by atoms with Gasteiger partial charge in [-0.25, -0.2) is 0 Å². The van der Waals surface area contributed by atoms with Crippen molar-refractivity contribution in [3.63, 3.8) is 0 Å². The van der Waals surface area contributed by atoms with Crippen molar-refractivity contribution in [3.05, 3.63) is 59.6 Å². The Labute approximate surface area is 125 Å². The quantitative estimate of drug-likeness (QED) is 0.783. The molecule has 0 saturated carbocycles. The van der Waals surface area contributed by atoms with Gasteiger partial charge < -0.3 is 10.2 Å². The van der Waals surface area contributed by atoms with Gasteiger partial charge in [-0.05, 0) is 59.3 Å². The van der Waals surface area contributed by atoms with Gasteiger partial charge in [-0.2, -0.15) is 0 Å². The number of benzene rings is 2. The summed E-state index contributed by atoms with van der Waals surface area (Å²) in [5.41, 5.74) is 3.13. The fraction of sp³-hybridized carbons (Fsp3) is 0.222. The molecule has 2 rings (SSSR count). The van der Waals surface area contributed by atoms with Gasteiger partial charge in [-0.1, -0.05) is 38.1 Å². The number of allylic oxidation sites excluding steroid dienone is 2.